The first-order chi connectivity index (χ1) is 5.94. The molecule has 0 aliphatic heterocycles. The van der Waals surface area contributed by atoms with E-state index in [0.29, 0.717) is 0 Å². The third kappa shape index (κ3) is 2.62. The standard InChI is InChI=1S/C4H12N2O6S2/c1-4(6,14(10,11)12)3(2-5)13(7,8)9/h3H,2,5-6H2,1H3,(H,7,8,9)(H,10,11,12). The first-order valence-corrected chi connectivity index (χ1v) is 6.31. The summed E-state index contributed by atoms with van der Waals surface area (Å²) < 4.78 is 60.0. The van der Waals surface area contributed by atoms with Crippen LogP contribution in [0.1, 0.15) is 6.92 Å². The van der Waals surface area contributed by atoms with E-state index < -0.39 is 36.9 Å². The highest BCUT2D eigenvalue weighted by molar-refractivity contribution is 7.91. The van der Waals surface area contributed by atoms with E-state index in [0.717, 1.165) is 6.92 Å². The molecule has 2 unspecified atom stereocenters. The van der Waals surface area contributed by atoms with Crippen molar-refractivity contribution in [1.82, 2.24) is 0 Å². The normalized spacial score (nSPS) is 20.1. The minimum atomic E-state index is -4.84. The van der Waals surface area contributed by atoms with Gasteiger partial charge in [-0.3, -0.25) is 9.11 Å². The van der Waals surface area contributed by atoms with Gasteiger partial charge >= 0.3 is 0 Å². The molecule has 6 N–H and O–H groups in total. The van der Waals surface area contributed by atoms with Crippen LogP contribution in [0.25, 0.3) is 0 Å². The molecule has 2 atom stereocenters. The lowest BCUT2D eigenvalue weighted by atomic mass is 10.2. The molecule has 0 radical (unpaired) electrons. The van der Waals surface area contributed by atoms with Gasteiger partial charge in [0.1, 0.15) is 5.25 Å². The van der Waals surface area contributed by atoms with E-state index in [-0.39, 0.29) is 0 Å². The van der Waals surface area contributed by atoms with Gasteiger partial charge in [-0.25, -0.2) is 0 Å². The van der Waals surface area contributed by atoms with Crippen LogP contribution < -0.4 is 11.5 Å². The van der Waals surface area contributed by atoms with Crippen molar-refractivity contribution in [3.8, 4) is 0 Å². The van der Waals surface area contributed by atoms with Gasteiger partial charge in [0, 0.05) is 6.54 Å². The van der Waals surface area contributed by atoms with Crippen LogP contribution in [0.3, 0.4) is 0 Å². The van der Waals surface area contributed by atoms with E-state index in [1.165, 1.54) is 0 Å². The van der Waals surface area contributed by atoms with E-state index in [2.05, 4.69) is 0 Å². The summed E-state index contributed by atoms with van der Waals surface area (Å²) >= 11 is 0. The molecule has 14 heavy (non-hydrogen) atoms. The lowest BCUT2D eigenvalue weighted by molar-refractivity contribution is 0.403. The average molecular weight is 248 g/mol. The van der Waals surface area contributed by atoms with Crippen molar-refractivity contribution in [2.75, 3.05) is 6.54 Å². The molecule has 0 saturated carbocycles. The number of hydrogen-bond donors (Lipinski definition) is 4. The molecule has 0 rings (SSSR count). The van der Waals surface area contributed by atoms with Crippen molar-refractivity contribution < 1.29 is 25.9 Å². The highest BCUT2D eigenvalue weighted by Gasteiger charge is 2.47. The Morgan fingerprint density at radius 3 is 1.71 bits per heavy atom. The van der Waals surface area contributed by atoms with E-state index in [4.69, 9.17) is 20.6 Å². The fourth-order valence-corrected chi connectivity index (χ4v) is 2.81. The van der Waals surface area contributed by atoms with Crippen LogP contribution >= 0.6 is 0 Å². The zero-order chi connectivity index (χ0) is 11.8. The third-order valence-corrected chi connectivity index (χ3v) is 4.72. The maximum Gasteiger partial charge on any atom is 0.284 e. The molecule has 0 aromatic carbocycles. The minimum absolute atomic E-state index is 0.731. The Bertz CT molecular complexity index is 396. The van der Waals surface area contributed by atoms with Crippen molar-refractivity contribution in [3.63, 3.8) is 0 Å². The van der Waals surface area contributed by atoms with Gasteiger partial charge in [0.2, 0.25) is 0 Å². The average Bonchev–Trinajstić information content (AvgIpc) is 1.80. The zero-order valence-corrected chi connectivity index (χ0v) is 8.92. The molecule has 0 aliphatic rings. The molecule has 8 nitrogen and oxygen atoms in total. The lowest BCUT2D eigenvalue weighted by Crippen LogP contribution is -2.59. The summed E-state index contributed by atoms with van der Waals surface area (Å²) in [7, 11) is -9.58. The molecular weight excluding hydrogens is 236 g/mol. The van der Waals surface area contributed by atoms with Crippen LogP contribution in [-0.2, 0) is 20.2 Å². The van der Waals surface area contributed by atoms with E-state index in [1.807, 2.05) is 0 Å². The van der Waals surface area contributed by atoms with E-state index in [1.54, 1.807) is 0 Å². The molecule has 0 aliphatic carbocycles. The smallest absolute Gasteiger partial charge is 0.284 e. The highest BCUT2D eigenvalue weighted by atomic mass is 32.2. The van der Waals surface area contributed by atoms with Crippen molar-refractivity contribution in [3.05, 3.63) is 0 Å². The maximum absolute atomic E-state index is 10.7. The molecule has 0 heterocycles. The summed E-state index contributed by atoms with van der Waals surface area (Å²) in [6.45, 7) is 0.0131. The SMILES string of the molecule is CC(N)(C(CN)S(=O)(=O)O)S(=O)(=O)O. The Morgan fingerprint density at radius 2 is 1.64 bits per heavy atom. The topological polar surface area (TPSA) is 161 Å². The van der Waals surface area contributed by atoms with Crippen molar-refractivity contribution in [2.45, 2.75) is 17.0 Å². The third-order valence-electron chi connectivity index (χ3n) is 1.77. The molecule has 0 spiro atoms. The fourth-order valence-electron chi connectivity index (χ4n) is 0.817. The molecular formula is C4H12N2O6S2. The predicted octanol–water partition coefficient (Wildman–Crippen LogP) is -2.24. The molecule has 0 fully saturated rings. The number of hydrogen-bond acceptors (Lipinski definition) is 6. The van der Waals surface area contributed by atoms with Crippen molar-refractivity contribution in [1.29, 1.82) is 0 Å². The van der Waals surface area contributed by atoms with Gasteiger partial charge in [-0.1, -0.05) is 0 Å². The first kappa shape index (κ1) is 13.7. The van der Waals surface area contributed by atoms with Gasteiger partial charge in [0.25, 0.3) is 20.2 Å². The second-order valence-electron chi connectivity index (χ2n) is 2.90. The monoisotopic (exact) mass is 248 g/mol. The highest BCUT2D eigenvalue weighted by Crippen LogP contribution is 2.18. The molecule has 86 valence electrons. The van der Waals surface area contributed by atoms with Crippen LogP contribution in [0.15, 0.2) is 0 Å². The van der Waals surface area contributed by atoms with Gasteiger partial charge in [-0.15, -0.1) is 0 Å². The maximum atomic E-state index is 10.7. The molecule has 10 heteroatoms. The summed E-state index contributed by atoms with van der Waals surface area (Å²) in [5.74, 6) is 0. The second-order valence-corrected chi connectivity index (χ2v) is 6.33. The van der Waals surface area contributed by atoms with Crippen LogP contribution in [0.5, 0.6) is 0 Å². The summed E-state index contributed by atoms with van der Waals surface area (Å²) in [6, 6.07) is 0. The van der Waals surface area contributed by atoms with Crippen LogP contribution in [0, 0.1) is 0 Å². The van der Waals surface area contributed by atoms with Crippen LogP contribution in [0.2, 0.25) is 0 Å². The molecule has 0 bridgehead atoms. The second kappa shape index (κ2) is 3.72. The number of nitrogens with two attached hydrogens (primary N) is 2. The van der Waals surface area contributed by atoms with E-state index >= 15 is 0 Å². The summed E-state index contributed by atoms with van der Waals surface area (Å²) in [5, 5.41) is -1.98. The Labute approximate surface area is 81.8 Å². The van der Waals surface area contributed by atoms with Gasteiger partial charge in [0.15, 0.2) is 4.87 Å². The van der Waals surface area contributed by atoms with Gasteiger partial charge in [-0.05, 0) is 6.92 Å². The fraction of sp³-hybridized carbons (Fsp3) is 1.00. The first-order valence-electron chi connectivity index (χ1n) is 3.37. The Hall–Kier alpha value is -0.260. The van der Waals surface area contributed by atoms with Crippen molar-refractivity contribution in [2.24, 2.45) is 11.5 Å². The van der Waals surface area contributed by atoms with Crippen LogP contribution in [-0.4, -0.2) is 42.6 Å². The number of rotatable bonds is 4. The summed E-state index contributed by atoms with van der Waals surface area (Å²) in [6.07, 6.45) is 0. The van der Waals surface area contributed by atoms with Gasteiger partial charge < -0.3 is 11.5 Å². The molecule has 0 saturated heterocycles. The predicted molar refractivity (Wildman–Crippen MR) is 48.5 cm³/mol. The Kier molecular flexibility index (Phi) is 3.65. The van der Waals surface area contributed by atoms with Gasteiger partial charge in [0.05, 0.1) is 0 Å². The van der Waals surface area contributed by atoms with Crippen molar-refractivity contribution >= 4 is 20.2 Å². The summed E-state index contributed by atoms with van der Waals surface area (Å²) in [5.41, 5.74) is 10.0. The molecule has 0 amide bonds. The zero-order valence-electron chi connectivity index (χ0n) is 7.28. The van der Waals surface area contributed by atoms with Gasteiger partial charge in [-0.2, -0.15) is 16.8 Å². The Morgan fingerprint density at radius 1 is 1.29 bits per heavy atom. The molecule has 0 aromatic rings. The summed E-state index contributed by atoms with van der Waals surface area (Å²) in [4.78, 5) is -2.55. The lowest BCUT2D eigenvalue weighted by Gasteiger charge is -2.27. The van der Waals surface area contributed by atoms with Crippen LogP contribution in [0.4, 0.5) is 0 Å². The van der Waals surface area contributed by atoms with E-state index in [9.17, 15) is 16.8 Å². The quantitative estimate of drug-likeness (QED) is 0.406. The molecule has 0 aromatic heterocycles. The largest absolute Gasteiger partial charge is 0.329 e. The minimum Gasteiger partial charge on any atom is -0.329 e. The Balaban J connectivity index is 5.49.